The Balaban J connectivity index is 0.00000320. The fourth-order valence-corrected chi connectivity index (χ4v) is 3.50. The Morgan fingerprint density at radius 3 is 2.47 bits per heavy atom. The third kappa shape index (κ3) is 7.45. The van der Waals surface area contributed by atoms with E-state index in [1.807, 2.05) is 19.2 Å². The highest BCUT2D eigenvalue weighted by atomic mass is 127. The van der Waals surface area contributed by atoms with Gasteiger partial charge in [-0.15, -0.1) is 24.0 Å². The topological polar surface area (TPSA) is 49.3 Å². The van der Waals surface area contributed by atoms with Crippen molar-refractivity contribution in [1.82, 2.24) is 15.1 Å². The molecule has 1 aliphatic rings. The van der Waals surface area contributed by atoms with Crippen molar-refractivity contribution >= 4 is 29.9 Å². The molecule has 1 saturated heterocycles. The first-order valence-corrected chi connectivity index (χ1v) is 10.1. The van der Waals surface area contributed by atoms with Crippen LogP contribution in [-0.4, -0.2) is 63.3 Å². The number of hydrogen-bond donors (Lipinski definition) is 1. The number of ether oxygens (including phenoxy) is 2. The minimum absolute atomic E-state index is 0. The lowest BCUT2D eigenvalue weighted by atomic mass is 10.1. The van der Waals surface area contributed by atoms with Crippen molar-refractivity contribution < 1.29 is 9.47 Å². The first-order valence-electron chi connectivity index (χ1n) is 10.1. The summed E-state index contributed by atoms with van der Waals surface area (Å²) in [5.41, 5.74) is 3.81. The van der Waals surface area contributed by atoms with Gasteiger partial charge in [-0.3, -0.25) is 9.89 Å². The molecule has 1 aliphatic heterocycles. The Kier molecular flexibility index (Phi) is 10.4. The van der Waals surface area contributed by atoms with Gasteiger partial charge in [-0.2, -0.15) is 0 Å². The first-order chi connectivity index (χ1) is 14.2. The maximum Gasteiger partial charge on any atom is 0.193 e. The Bertz CT molecular complexity index is 792. The van der Waals surface area contributed by atoms with Gasteiger partial charge in [0, 0.05) is 46.8 Å². The summed E-state index contributed by atoms with van der Waals surface area (Å²) >= 11 is 0. The van der Waals surface area contributed by atoms with Crippen LogP contribution in [0.4, 0.5) is 0 Å². The van der Waals surface area contributed by atoms with Gasteiger partial charge in [0.1, 0.15) is 5.75 Å². The molecule has 0 amide bonds. The number of aliphatic imine (C=N–C) groups is 1. The molecule has 2 aromatic carbocycles. The van der Waals surface area contributed by atoms with E-state index >= 15 is 0 Å². The predicted molar refractivity (Wildman–Crippen MR) is 133 cm³/mol. The molecule has 0 aromatic heterocycles. The van der Waals surface area contributed by atoms with Gasteiger partial charge in [0.05, 0.1) is 20.3 Å². The largest absolute Gasteiger partial charge is 0.497 e. The molecular formula is C23H33IN4O2. The summed E-state index contributed by atoms with van der Waals surface area (Å²) in [6, 6.07) is 16.9. The maximum absolute atomic E-state index is 5.44. The molecule has 0 radical (unpaired) electrons. The summed E-state index contributed by atoms with van der Waals surface area (Å²) < 4.78 is 10.7. The van der Waals surface area contributed by atoms with Gasteiger partial charge < -0.3 is 19.7 Å². The summed E-state index contributed by atoms with van der Waals surface area (Å²) in [6.45, 7) is 6.17. The third-order valence-corrected chi connectivity index (χ3v) is 5.10. The minimum atomic E-state index is 0. The van der Waals surface area contributed by atoms with Crippen molar-refractivity contribution in [1.29, 1.82) is 0 Å². The van der Waals surface area contributed by atoms with E-state index in [1.165, 1.54) is 16.7 Å². The second-order valence-electron chi connectivity index (χ2n) is 7.31. The molecule has 0 bridgehead atoms. The Morgan fingerprint density at radius 2 is 1.80 bits per heavy atom. The van der Waals surface area contributed by atoms with E-state index in [1.54, 1.807) is 7.11 Å². The molecular weight excluding hydrogens is 491 g/mol. The zero-order valence-electron chi connectivity index (χ0n) is 18.1. The molecule has 164 valence electrons. The van der Waals surface area contributed by atoms with Crippen LogP contribution in [0.3, 0.4) is 0 Å². The van der Waals surface area contributed by atoms with Gasteiger partial charge in [-0.05, 0) is 28.8 Å². The molecule has 0 unspecified atom stereocenters. The van der Waals surface area contributed by atoms with Crippen LogP contribution in [-0.2, 0) is 24.4 Å². The Morgan fingerprint density at radius 1 is 1.10 bits per heavy atom. The summed E-state index contributed by atoms with van der Waals surface area (Å²) in [4.78, 5) is 9.00. The molecule has 1 fully saturated rings. The van der Waals surface area contributed by atoms with E-state index in [0.717, 1.165) is 57.6 Å². The lowest BCUT2D eigenvalue weighted by Gasteiger charge is -2.26. The van der Waals surface area contributed by atoms with E-state index in [9.17, 15) is 0 Å². The average molecular weight is 524 g/mol. The number of nitrogens with zero attached hydrogens (tertiary/aromatic N) is 3. The van der Waals surface area contributed by atoms with Crippen molar-refractivity contribution in [2.24, 2.45) is 4.99 Å². The molecule has 7 heteroatoms. The molecule has 3 rings (SSSR count). The molecule has 1 heterocycles. The molecule has 0 aliphatic carbocycles. The molecule has 0 atom stereocenters. The van der Waals surface area contributed by atoms with Gasteiger partial charge in [0.25, 0.3) is 0 Å². The lowest BCUT2D eigenvalue weighted by Crippen LogP contribution is -2.38. The molecule has 30 heavy (non-hydrogen) atoms. The number of rotatable bonds is 7. The van der Waals surface area contributed by atoms with Crippen LogP contribution in [0.1, 0.15) is 16.7 Å². The molecule has 1 N–H and O–H groups in total. The van der Waals surface area contributed by atoms with Crippen LogP contribution in [0.2, 0.25) is 0 Å². The van der Waals surface area contributed by atoms with Gasteiger partial charge in [-0.1, -0.05) is 36.4 Å². The van der Waals surface area contributed by atoms with Crippen LogP contribution in [0.15, 0.2) is 53.5 Å². The highest BCUT2D eigenvalue weighted by Gasteiger charge is 2.11. The normalized spacial score (nSPS) is 14.7. The van der Waals surface area contributed by atoms with Crippen LogP contribution in [0, 0.1) is 0 Å². The summed E-state index contributed by atoms with van der Waals surface area (Å²) in [7, 11) is 5.55. The van der Waals surface area contributed by atoms with E-state index in [-0.39, 0.29) is 24.0 Å². The number of halogens is 1. The SMILES string of the molecule is CN=C(NCc1cccc(CN2CCOCC2)c1)N(C)Cc1ccc(OC)cc1.I. The highest BCUT2D eigenvalue weighted by molar-refractivity contribution is 14.0. The van der Waals surface area contributed by atoms with Gasteiger partial charge in [0.15, 0.2) is 5.96 Å². The number of methoxy groups -OCH3 is 1. The summed E-state index contributed by atoms with van der Waals surface area (Å²) in [6.07, 6.45) is 0. The van der Waals surface area contributed by atoms with Gasteiger partial charge in [-0.25, -0.2) is 0 Å². The quantitative estimate of drug-likeness (QED) is 0.342. The second-order valence-corrected chi connectivity index (χ2v) is 7.31. The van der Waals surface area contributed by atoms with Crippen LogP contribution in [0.5, 0.6) is 5.75 Å². The predicted octanol–water partition coefficient (Wildman–Crippen LogP) is 3.35. The number of nitrogens with one attached hydrogen (secondary N) is 1. The number of guanidine groups is 1. The van der Waals surface area contributed by atoms with Crippen LogP contribution in [0.25, 0.3) is 0 Å². The standard InChI is InChI=1S/C23H32N4O2.HI/c1-24-23(26(2)17-19-7-9-22(28-3)10-8-19)25-16-20-5-4-6-21(15-20)18-27-11-13-29-14-12-27;/h4-10,15H,11-14,16-18H2,1-3H3,(H,24,25);1H. The van der Waals surface area contributed by atoms with Crippen LogP contribution >= 0.6 is 24.0 Å². The van der Waals surface area contributed by atoms with E-state index in [0.29, 0.717) is 0 Å². The monoisotopic (exact) mass is 524 g/mol. The van der Waals surface area contributed by atoms with Crippen molar-refractivity contribution in [2.75, 3.05) is 47.5 Å². The van der Waals surface area contributed by atoms with E-state index in [4.69, 9.17) is 9.47 Å². The highest BCUT2D eigenvalue weighted by Crippen LogP contribution is 2.13. The van der Waals surface area contributed by atoms with Crippen molar-refractivity contribution in [3.8, 4) is 5.75 Å². The fraction of sp³-hybridized carbons (Fsp3) is 0.435. The average Bonchev–Trinajstić information content (AvgIpc) is 2.76. The maximum atomic E-state index is 5.44. The molecule has 0 saturated carbocycles. The number of benzene rings is 2. The van der Waals surface area contributed by atoms with Gasteiger partial charge >= 0.3 is 0 Å². The molecule has 2 aromatic rings. The fourth-order valence-electron chi connectivity index (χ4n) is 3.50. The number of morpholine rings is 1. The lowest BCUT2D eigenvalue weighted by molar-refractivity contribution is 0.0342. The van der Waals surface area contributed by atoms with Crippen molar-refractivity contribution in [3.63, 3.8) is 0 Å². The van der Waals surface area contributed by atoms with Crippen LogP contribution < -0.4 is 10.1 Å². The zero-order valence-corrected chi connectivity index (χ0v) is 20.5. The molecule has 6 nitrogen and oxygen atoms in total. The third-order valence-electron chi connectivity index (χ3n) is 5.10. The number of hydrogen-bond acceptors (Lipinski definition) is 4. The van der Waals surface area contributed by atoms with Gasteiger partial charge in [0.2, 0.25) is 0 Å². The van der Waals surface area contributed by atoms with E-state index in [2.05, 4.69) is 63.6 Å². The van der Waals surface area contributed by atoms with Crippen molar-refractivity contribution in [2.45, 2.75) is 19.6 Å². The summed E-state index contributed by atoms with van der Waals surface area (Å²) in [5.74, 6) is 1.75. The second kappa shape index (κ2) is 12.8. The Hall–Kier alpha value is -1.84. The Labute approximate surface area is 197 Å². The first kappa shape index (κ1) is 24.4. The van der Waals surface area contributed by atoms with Crippen molar-refractivity contribution in [3.05, 3.63) is 65.2 Å². The smallest absolute Gasteiger partial charge is 0.193 e. The minimum Gasteiger partial charge on any atom is -0.497 e. The summed E-state index contributed by atoms with van der Waals surface area (Å²) in [5, 5.41) is 3.48. The molecule has 0 spiro atoms. The zero-order chi connectivity index (χ0) is 20.5. The van der Waals surface area contributed by atoms with E-state index < -0.39 is 0 Å².